The van der Waals surface area contributed by atoms with E-state index in [4.69, 9.17) is 19.2 Å². The van der Waals surface area contributed by atoms with Gasteiger partial charge in [-0.2, -0.15) is 7.82 Å². The summed E-state index contributed by atoms with van der Waals surface area (Å²) in [7, 11) is -5.39. The Kier molecular flexibility index (Phi) is 25.3. The Bertz CT molecular complexity index is 62.2. The van der Waals surface area contributed by atoms with Crippen molar-refractivity contribution in [2.75, 3.05) is 0 Å². The minimum Gasteiger partial charge on any atom is -0.822 e. The average molecular weight is 201 g/mol. The molecule has 4 nitrogen and oxygen atoms in total. The van der Waals surface area contributed by atoms with Crippen LogP contribution in [0.15, 0.2) is 0 Å². The number of hydrogen-bond donors (Lipinski definition) is 0. The fraction of sp³-hybridized carbons (Fsp3) is 0. The van der Waals surface area contributed by atoms with Gasteiger partial charge >= 0.3 is 40.6 Å². The summed E-state index contributed by atoms with van der Waals surface area (Å²) in [6.45, 7) is 0. The average Bonchev–Trinajstić information content (AvgIpc) is 0.722. The van der Waals surface area contributed by atoms with E-state index in [1.165, 1.54) is 0 Å². The molecule has 37 valence electrons. The Morgan fingerprint density at radius 1 is 1.12 bits per heavy atom. The number of rotatable bonds is 0. The molecule has 8 heteroatoms. The third-order valence-electron chi connectivity index (χ3n) is 0. The first-order valence-electron chi connectivity index (χ1n) is 0.730. The van der Waals surface area contributed by atoms with Crippen LogP contribution in [-0.2, 0) is 44.8 Å². The molecule has 0 aromatic carbocycles. The molecule has 0 saturated carbocycles. The Morgan fingerprint density at radius 3 is 1.12 bits per heavy atom. The van der Waals surface area contributed by atoms with Crippen LogP contribution in [0, 0.1) is 0 Å². The zero-order valence-corrected chi connectivity index (χ0v) is 7.88. The van der Waals surface area contributed by atoms with Crippen LogP contribution in [0.3, 0.4) is 0 Å². The van der Waals surface area contributed by atoms with Gasteiger partial charge in [0.25, 0.3) is 0 Å². The van der Waals surface area contributed by atoms with Gasteiger partial charge in [0, 0.05) is 18.6 Å². The SMILES string of the molecule is O=P([O-])([O-])[O-].[Li+].[Ti+4].[V]. The van der Waals surface area contributed by atoms with E-state index in [2.05, 4.69) is 0 Å². The Morgan fingerprint density at radius 2 is 1.12 bits per heavy atom. The third-order valence-corrected chi connectivity index (χ3v) is 0. The summed E-state index contributed by atoms with van der Waals surface area (Å²) in [6.07, 6.45) is 0. The second-order valence-corrected chi connectivity index (χ2v) is 1.34. The predicted molar refractivity (Wildman–Crippen MR) is 7.61 cm³/mol. The van der Waals surface area contributed by atoms with Crippen LogP contribution < -0.4 is 33.5 Å². The van der Waals surface area contributed by atoms with Gasteiger partial charge in [-0.05, 0) is 0 Å². The first kappa shape index (κ1) is 22.5. The van der Waals surface area contributed by atoms with Crippen LogP contribution in [0.1, 0.15) is 0 Å². The predicted octanol–water partition coefficient (Wildman–Crippen LogP) is -5.83. The summed E-state index contributed by atoms with van der Waals surface area (Å²) in [5.41, 5.74) is 0. The van der Waals surface area contributed by atoms with Crippen LogP contribution >= 0.6 is 7.82 Å². The molecule has 0 aliphatic rings. The van der Waals surface area contributed by atoms with E-state index in [1.807, 2.05) is 0 Å². The quantitative estimate of drug-likeness (QED) is 0.288. The molecule has 0 amide bonds. The van der Waals surface area contributed by atoms with Crippen molar-refractivity contribution in [1.29, 1.82) is 0 Å². The normalized spacial score (nSPS) is 7.38. The van der Waals surface area contributed by atoms with Crippen LogP contribution in [0.2, 0.25) is 0 Å². The first-order chi connectivity index (χ1) is 2.00. The molecule has 8 heavy (non-hydrogen) atoms. The smallest absolute Gasteiger partial charge is 0.822 e. The molecule has 0 bridgehead atoms. The maximum Gasteiger partial charge on any atom is 4.00 e. The van der Waals surface area contributed by atoms with Crippen molar-refractivity contribution >= 4 is 7.82 Å². The minimum absolute atomic E-state index is 0. The van der Waals surface area contributed by atoms with Crippen LogP contribution in [0.4, 0.5) is 0 Å². The molecule has 0 aliphatic heterocycles. The Labute approximate surface area is 85.6 Å². The summed E-state index contributed by atoms with van der Waals surface area (Å²) in [5.74, 6) is 0. The van der Waals surface area contributed by atoms with Crippen molar-refractivity contribution in [3.8, 4) is 0 Å². The zero-order valence-electron chi connectivity index (χ0n) is 4.03. The molecule has 0 aromatic heterocycles. The van der Waals surface area contributed by atoms with Crippen LogP contribution in [0.5, 0.6) is 0 Å². The second-order valence-electron chi connectivity index (χ2n) is 0.447. The van der Waals surface area contributed by atoms with Crippen molar-refractivity contribution < 1.29 is 78.4 Å². The van der Waals surface area contributed by atoms with E-state index in [0.717, 1.165) is 0 Å². The van der Waals surface area contributed by atoms with E-state index in [9.17, 15) is 0 Å². The topological polar surface area (TPSA) is 86.2 Å². The van der Waals surface area contributed by atoms with Crippen molar-refractivity contribution in [1.82, 2.24) is 0 Å². The minimum atomic E-state index is -5.39. The largest absolute Gasteiger partial charge is 4.00 e. The van der Waals surface area contributed by atoms with Gasteiger partial charge in [-0.25, -0.2) is 0 Å². The maximum absolute atomic E-state index is 8.55. The molecular formula is LiO4PTiV+2. The Balaban J connectivity index is -0.0000000267. The van der Waals surface area contributed by atoms with E-state index in [0.29, 0.717) is 0 Å². The molecule has 0 unspecified atom stereocenters. The standard InChI is InChI=1S/Li.H3O4P.Ti.V/c;1-5(2,3)4;;/h;(H3,1,2,3,4);;/q+1;;+4;/p-3. The maximum atomic E-state index is 8.55. The van der Waals surface area contributed by atoms with E-state index < -0.39 is 7.82 Å². The molecule has 0 aromatic rings. The van der Waals surface area contributed by atoms with E-state index in [1.54, 1.807) is 0 Å². The van der Waals surface area contributed by atoms with Gasteiger partial charge in [0.15, 0.2) is 0 Å². The summed E-state index contributed by atoms with van der Waals surface area (Å²) in [6, 6.07) is 0. The zero-order chi connectivity index (χ0) is 4.50. The van der Waals surface area contributed by atoms with E-state index in [-0.39, 0.29) is 59.1 Å². The summed E-state index contributed by atoms with van der Waals surface area (Å²) >= 11 is 0. The molecule has 0 aliphatic carbocycles. The third kappa shape index (κ3) is 97.6. The first-order valence-corrected chi connectivity index (χ1v) is 2.19. The molecular weight excluding hydrogens is 201 g/mol. The molecule has 1 radical (unpaired) electrons. The van der Waals surface area contributed by atoms with Gasteiger partial charge in [0.05, 0.1) is 0 Å². The van der Waals surface area contributed by atoms with E-state index >= 15 is 0 Å². The molecule has 0 saturated heterocycles. The van der Waals surface area contributed by atoms with Gasteiger partial charge in [0.1, 0.15) is 0 Å². The van der Waals surface area contributed by atoms with Crippen molar-refractivity contribution in [3.63, 3.8) is 0 Å². The Hall–Kier alpha value is 2.01. The van der Waals surface area contributed by atoms with Gasteiger partial charge < -0.3 is 19.2 Å². The molecule has 0 N–H and O–H groups in total. The number of phosphoric acid groups is 1. The molecule has 0 heterocycles. The monoisotopic (exact) mass is 201 g/mol. The molecule has 0 spiro atoms. The molecule has 0 rings (SSSR count). The van der Waals surface area contributed by atoms with Crippen molar-refractivity contribution in [2.24, 2.45) is 0 Å². The number of hydrogen-bond acceptors (Lipinski definition) is 4. The summed E-state index contributed by atoms with van der Waals surface area (Å²) in [4.78, 5) is 25.6. The second kappa shape index (κ2) is 9.01. The van der Waals surface area contributed by atoms with Gasteiger partial charge in [-0.1, -0.05) is 0 Å². The van der Waals surface area contributed by atoms with Crippen molar-refractivity contribution in [2.45, 2.75) is 0 Å². The fourth-order valence-electron chi connectivity index (χ4n) is 0. The summed E-state index contributed by atoms with van der Waals surface area (Å²) in [5, 5.41) is 0. The van der Waals surface area contributed by atoms with Crippen LogP contribution in [-0.4, -0.2) is 0 Å². The van der Waals surface area contributed by atoms with Gasteiger partial charge in [-0.15, -0.1) is 0 Å². The molecule has 0 fully saturated rings. The van der Waals surface area contributed by atoms with Crippen molar-refractivity contribution in [3.05, 3.63) is 0 Å². The van der Waals surface area contributed by atoms with Gasteiger partial charge in [-0.3, -0.25) is 0 Å². The van der Waals surface area contributed by atoms with Gasteiger partial charge in [0.2, 0.25) is 0 Å². The fourth-order valence-corrected chi connectivity index (χ4v) is 0. The molecule has 0 atom stereocenters. The summed E-state index contributed by atoms with van der Waals surface area (Å²) < 4.78 is 8.55. The van der Waals surface area contributed by atoms with Crippen LogP contribution in [0.25, 0.3) is 0 Å².